The molecule has 0 aliphatic carbocycles. The topological polar surface area (TPSA) is 92.5 Å². The minimum absolute atomic E-state index is 0.146. The Morgan fingerprint density at radius 2 is 1.54 bits per heavy atom. The number of carbonyl (C=O) groups is 3. The van der Waals surface area contributed by atoms with Gasteiger partial charge in [0.05, 0.1) is 12.0 Å². The van der Waals surface area contributed by atoms with Crippen LogP contribution in [0.3, 0.4) is 0 Å². The average molecular weight is 558 g/mol. The highest BCUT2D eigenvalue weighted by atomic mass is 35.5. The number of thiophene rings is 1. The number of carbonyl (C=O) groups excluding carboxylic acids is 3. The summed E-state index contributed by atoms with van der Waals surface area (Å²) < 4.78 is 0. The van der Waals surface area contributed by atoms with Crippen molar-refractivity contribution in [2.75, 3.05) is 5.32 Å². The number of anilines is 1. The number of nitrogens with two attached hydrogens (primary N) is 1. The molecule has 4 aromatic rings. The van der Waals surface area contributed by atoms with Gasteiger partial charge in [-0.2, -0.15) is 0 Å². The molecule has 4 atom stereocenters. The maximum absolute atomic E-state index is 14.5. The number of primary amides is 1. The smallest absolute Gasteiger partial charge is 0.323 e. The minimum atomic E-state index is -1.07. The van der Waals surface area contributed by atoms with E-state index in [1.807, 2.05) is 61.7 Å². The summed E-state index contributed by atoms with van der Waals surface area (Å²) in [6, 6.07) is 23.0. The minimum Gasteiger partial charge on any atom is -0.368 e. The fourth-order valence-corrected chi connectivity index (χ4v) is 6.82. The zero-order valence-corrected chi connectivity index (χ0v) is 23.1. The number of Topliss-reactive ketones (excluding diaryl/α,β-unsaturated/α-hetero) is 1. The summed E-state index contributed by atoms with van der Waals surface area (Å²) in [6.07, 6.45) is 0. The van der Waals surface area contributed by atoms with Crippen molar-refractivity contribution < 1.29 is 14.4 Å². The van der Waals surface area contributed by atoms with Crippen molar-refractivity contribution in [2.24, 2.45) is 11.7 Å². The van der Waals surface area contributed by atoms with Crippen LogP contribution in [0.5, 0.6) is 0 Å². The summed E-state index contributed by atoms with van der Waals surface area (Å²) >= 11 is 7.68. The van der Waals surface area contributed by atoms with Crippen molar-refractivity contribution >= 4 is 46.3 Å². The van der Waals surface area contributed by atoms with Crippen LogP contribution in [0.4, 0.5) is 10.5 Å². The van der Waals surface area contributed by atoms with Crippen molar-refractivity contribution in [1.29, 1.82) is 0 Å². The Morgan fingerprint density at radius 3 is 2.15 bits per heavy atom. The van der Waals surface area contributed by atoms with Gasteiger partial charge in [-0.3, -0.25) is 9.59 Å². The Balaban J connectivity index is 1.74. The highest BCUT2D eigenvalue weighted by molar-refractivity contribution is 7.10. The maximum Gasteiger partial charge on any atom is 0.323 e. The Labute approximate surface area is 236 Å². The molecule has 0 saturated carbocycles. The fourth-order valence-electron chi connectivity index (χ4n) is 5.58. The molecule has 3 aromatic carbocycles. The van der Waals surface area contributed by atoms with E-state index in [1.54, 1.807) is 42.5 Å². The number of benzene rings is 3. The van der Waals surface area contributed by atoms with Gasteiger partial charge in [-0.15, -0.1) is 11.3 Å². The van der Waals surface area contributed by atoms with E-state index in [0.29, 0.717) is 21.8 Å². The quantitative estimate of drug-likeness (QED) is 0.257. The van der Waals surface area contributed by atoms with E-state index in [4.69, 9.17) is 17.3 Å². The van der Waals surface area contributed by atoms with Gasteiger partial charge in [0.2, 0.25) is 5.91 Å². The second kappa shape index (κ2) is 11.0. The van der Waals surface area contributed by atoms with Crippen LogP contribution in [0.25, 0.3) is 0 Å². The molecule has 0 bridgehead atoms. The van der Waals surface area contributed by atoms with Crippen LogP contribution in [0.15, 0.2) is 90.3 Å². The number of amides is 3. The summed E-state index contributed by atoms with van der Waals surface area (Å²) in [4.78, 5) is 44.1. The zero-order chi connectivity index (χ0) is 27.7. The number of urea groups is 1. The lowest BCUT2D eigenvalue weighted by atomic mass is 9.77. The van der Waals surface area contributed by atoms with Crippen LogP contribution in [-0.2, 0) is 4.79 Å². The standard InChI is InChI=1S/C31H28ClN3O3S/c1-18-8-6-7-11-23(18)28(36)24-25(29-19(2)16-17-39-29)27(30(33)37)35(26(24)20-12-14-21(32)15-13-20)31(38)34-22-9-4-3-5-10-22/h3-17,24-27H,1-2H3,(H2,33,37)(H,34,38). The lowest BCUT2D eigenvalue weighted by Crippen LogP contribution is -2.48. The summed E-state index contributed by atoms with van der Waals surface area (Å²) in [5, 5.41) is 5.37. The first-order valence-electron chi connectivity index (χ1n) is 12.6. The van der Waals surface area contributed by atoms with Gasteiger partial charge in [0, 0.05) is 27.1 Å². The molecule has 1 aliphatic heterocycles. The molecule has 2 heterocycles. The highest BCUT2D eigenvalue weighted by Gasteiger charge is 2.57. The van der Waals surface area contributed by atoms with Gasteiger partial charge in [0.1, 0.15) is 6.04 Å². The first kappa shape index (κ1) is 26.7. The molecule has 3 amide bonds. The number of nitrogens with one attached hydrogen (secondary N) is 1. The van der Waals surface area contributed by atoms with Crippen LogP contribution in [0.2, 0.25) is 5.02 Å². The largest absolute Gasteiger partial charge is 0.368 e. The van der Waals surface area contributed by atoms with Crippen LogP contribution in [0.1, 0.15) is 43.9 Å². The normalized spacial score (nSPS) is 20.5. The number of hydrogen-bond donors (Lipinski definition) is 2. The second-order valence-corrected chi connectivity index (χ2v) is 11.1. The van der Waals surface area contributed by atoms with E-state index in [9.17, 15) is 14.4 Å². The van der Waals surface area contributed by atoms with E-state index < -0.39 is 35.9 Å². The lowest BCUT2D eigenvalue weighted by Gasteiger charge is -2.31. The zero-order valence-electron chi connectivity index (χ0n) is 21.5. The Morgan fingerprint density at radius 1 is 0.872 bits per heavy atom. The lowest BCUT2D eigenvalue weighted by molar-refractivity contribution is -0.122. The molecule has 5 rings (SSSR count). The van der Waals surface area contributed by atoms with Crippen molar-refractivity contribution in [2.45, 2.75) is 31.8 Å². The van der Waals surface area contributed by atoms with Gasteiger partial charge in [-0.25, -0.2) is 4.79 Å². The molecule has 8 heteroatoms. The van der Waals surface area contributed by atoms with Crippen LogP contribution >= 0.6 is 22.9 Å². The summed E-state index contributed by atoms with van der Waals surface area (Å²) in [7, 11) is 0. The van der Waals surface area contributed by atoms with E-state index in [2.05, 4.69) is 5.32 Å². The predicted molar refractivity (Wildman–Crippen MR) is 155 cm³/mol. The summed E-state index contributed by atoms with van der Waals surface area (Å²) in [5.41, 5.74) is 9.65. The second-order valence-electron chi connectivity index (χ2n) is 9.75. The molecule has 3 N–H and O–H groups in total. The molecule has 0 spiro atoms. The van der Waals surface area contributed by atoms with E-state index in [-0.39, 0.29) is 5.78 Å². The first-order chi connectivity index (χ1) is 18.8. The predicted octanol–water partition coefficient (Wildman–Crippen LogP) is 6.74. The van der Waals surface area contributed by atoms with Crippen LogP contribution in [-0.4, -0.2) is 28.7 Å². The van der Waals surface area contributed by atoms with E-state index in [1.165, 1.54) is 16.2 Å². The molecule has 1 aromatic heterocycles. The fraction of sp³-hybridized carbons (Fsp3) is 0.194. The van der Waals surface area contributed by atoms with Crippen LogP contribution < -0.4 is 11.1 Å². The highest BCUT2D eigenvalue weighted by Crippen LogP contribution is 2.53. The van der Waals surface area contributed by atoms with Gasteiger partial charge in [0.15, 0.2) is 5.78 Å². The van der Waals surface area contributed by atoms with Gasteiger partial charge in [-0.05, 0) is 66.2 Å². The summed E-state index contributed by atoms with van der Waals surface area (Å²) in [6.45, 7) is 3.83. The Kier molecular flexibility index (Phi) is 7.55. The number of rotatable bonds is 6. The van der Waals surface area contributed by atoms with E-state index in [0.717, 1.165) is 16.0 Å². The molecule has 1 saturated heterocycles. The van der Waals surface area contributed by atoms with Crippen molar-refractivity contribution in [1.82, 2.24) is 4.90 Å². The van der Waals surface area contributed by atoms with Crippen LogP contribution in [0, 0.1) is 19.8 Å². The van der Waals surface area contributed by atoms with Gasteiger partial charge < -0.3 is 16.0 Å². The van der Waals surface area contributed by atoms with E-state index >= 15 is 0 Å². The Bertz CT molecular complexity index is 1520. The monoisotopic (exact) mass is 557 g/mol. The first-order valence-corrected chi connectivity index (χ1v) is 13.9. The third-order valence-electron chi connectivity index (χ3n) is 7.35. The maximum atomic E-state index is 14.5. The van der Waals surface area contributed by atoms with Gasteiger partial charge >= 0.3 is 6.03 Å². The number of halogens is 1. The van der Waals surface area contributed by atoms with Gasteiger partial charge in [0.25, 0.3) is 0 Å². The van der Waals surface area contributed by atoms with Crippen molar-refractivity contribution in [3.05, 3.63) is 122 Å². The molecule has 1 aliphatic rings. The molecule has 4 unspecified atom stereocenters. The molecular formula is C31H28ClN3O3S. The third kappa shape index (κ3) is 5.07. The molecule has 198 valence electrons. The molecular weight excluding hydrogens is 530 g/mol. The molecule has 39 heavy (non-hydrogen) atoms. The average Bonchev–Trinajstić information content (AvgIpc) is 3.50. The van der Waals surface area contributed by atoms with Crippen molar-refractivity contribution in [3.63, 3.8) is 0 Å². The van der Waals surface area contributed by atoms with Gasteiger partial charge in [-0.1, -0.05) is 66.2 Å². The number of ketones is 1. The number of likely N-dealkylation sites (tertiary alicyclic amines) is 1. The SMILES string of the molecule is Cc1ccccc1C(=O)C1C(c2sccc2C)C(C(N)=O)N(C(=O)Nc2ccccc2)C1c1ccc(Cl)cc1. The number of hydrogen-bond acceptors (Lipinski definition) is 4. The van der Waals surface area contributed by atoms with Crippen molar-refractivity contribution in [3.8, 4) is 0 Å². The molecule has 1 fully saturated rings. The number of para-hydroxylation sites is 1. The molecule has 0 radical (unpaired) electrons. The molecule has 6 nitrogen and oxygen atoms in total. The number of nitrogens with zero attached hydrogens (tertiary/aromatic N) is 1. The third-order valence-corrected chi connectivity index (χ3v) is 8.72. The Hall–Kier alpha value is -3.94. The summed E-state index contributed by atoms with van der Waals surface area (Å²) in [5.74, 6) is -2.23. The number of aryl methyl sites for hydroxylation is 2.